The molecule has 0 bridgehead atoms. The van der Waals surface area contributed by atoms with Crippen LogP contribution < -0.4 is 65.1 Å². The number of nitrogens with one attached hydrogen (secondary N) is 11. The third-order valence-corrected chi connectivity index (χ3v) is 13.6. The highest BCUT2D eigenvalue weighted by Crippen LogP contribution is 2.20. The van der Waals surface area contributed by atoms with Gasteiger partial charge in [0.25, 0.3) is 0 Å². The number of aliphatic imine (C=N–C) groups is 1. The Balaban J connectivity index is 1.61. The van der Waals surface area contributed by atoms with Crippen molar-refractivity contribution in [2.75, 3.05) is 13.1 Å². The fraction of sp³-hybridized carbons (Fsp3) is 0.491. The number of aromatic amines is 2. The first-order valence-corrected chi connectivity index (χ1v) is 27.2. The molecule has 1 aliphatic heterocycles. The molecule has 1 saturated heterocycles. The Labute approximate surface area is 469 Å². The van der Waals surface area contributed by atoms with E-state index in [0.29, 0.717) is 40.6 Å². The van der Waals surface area contributed by atoms with Crippen molar-refractivity contribution in [3.8, 4) is 0 Å². The van der Waals surface area contributed by atoms with Crippen LogP contribution in [0, 0.1) is 11.8 Å². The molecule has 0 unspecified atom stereocenters. The molecule has 4 aromatic rings. The van der Waals surface area contributed by atoms with Crippen molar-refractivity contribution in [1.29, 1.82) is 0 Å². The van der Waals surface area contributed by atoms with Gasteiger partial charge in [-0.2, -0.15) is 0 Å². The summed E-state index contributed by atoms with van der Waals surface area (Å²) in [4.78, 5) is 155. The standard InChI is InChI=1S/C55H78N16O10/c1-6-7-17-37-47(74)69-42(25-34-27-59-29-63-34)52(79)67-40(23-32-14-9-8-10-15-32)50(77)65-38(19-13-22-60-55(57)58)48(75)68-41(24-33-26-61-36-18-12-11-16-35(33)36)51(78)66-39(20-21-44(73)64-37)49(76)70-46(31(4)5)54(81)71-45(30(2)3)53(80)62-28-43(56)72/h8-12,14-16,18,26-27,29-31,37-42,45-46,61H,6-7,13,17,19-25,28H2,1-5H3,(H2,56,72)(H,59,63)(H,62,80)(H,64,73)(H,65,77)(H,66,78)(H,67,79)(H,68,75)(H,69,74)(H,70,76)(H,71,81)(H4,57,58,60)/t37-,38-,39-,40+,41-,42-,45-,46-/m0/s1. The number of para-hydroxylation sites is 1. The number of carbonyl (C=O) groups excluding carboxylic acids is 10. The van der Waals surface area contributed by atoms with Gasteiger partial charge in [0.15, 0.2) is 5.96 Å². The Morgan fingerprint density at radius 1 is 0.654 bits per heavy atom. The Kier molecular flexibility index (Phi) is 24.2. The molecule has 3 heterocycles. The number of imidazole rings is 1. The van der Waals surface area contributed by atoms with Crippen LogP contribution in [0.5, 0.6) is 0 Å². The summed E-state index contributed by atoms with van der Waals surface area (Å²) in [6, 6.07) is 5.13. The molecule has 10 amide bonds. The first kappa shape index (κ1) is 63.0. The number of amides is 10. The number of hydrogen-bond donors (Lipinski definition) is 14. The monoisotopic (exact) mass is 1120 g/mol. The maximum atomic E-state index is 15.0. The van der Waals surface area contributed by atoms with Crippen molar-refractivity contribution < 1.29 is 47.9 Å². The number of H-pyrrole nitrogens is 2. The second kappa shape index (κ2) is 31.1. The van der Waals surface area contributed by atoms with E-state index in [2.05, 4.69) is 67.8 Å². The van der Waals surface area contributed by atoms with Crippen LogP contribution >= 0.6 is 0 Å². The molecule has 81 heavy (non-hydrogen) atoms. The lowest BCUT2D eigenvalue weighted by molar-refractivity contribution is -0.137. The van der Waals surface area contributed by atoms with Gasteiger partial charge in [-0.05, 0) is 54.7 Å². The lowest BCUT2D eigenvalue weighted by Gasteiger charge is -2.30. The number of unbranched alkanes of at least 4 members (excludes halogenated alkanes) is 1. The van der Waals surface area contributed by atoms with Crippen LogP contribution in [-0.4, -0.2) is 141 Å². The zero-order chi connectivity index (χ0) is 59.2. The summed E-state index contributed by atoms with van der Waals surface area (Å²) < 4.78 is 0. The van der Waals surface area contributed by atoms with Gasteiger partial charge in [-0.1, -0.05) is 96.0 Å². The van der Waals surface area contributed by atoms with E-state index in [4.69, 9.17) is 17.2 Å². The average Bonchev–Trinajstić information content (AvgIpc) is 4.15. The number of nitrogens with two attached hydrogens (primary N) is 3. The quantitative estimate of drug-likeness (QED) is 0.0249. The average molecular weight is 1120 g/mol. The first-order valence-electron chi connectivity index (χ1n) is 27.2. The Morgan fingerprint density at radius 2 is 1.22 bits per heavy atom. The summed E-state index contributed by atoms with van der Waals surface area (Å²) in [6.45, 7) is 8.03. The van der Waals surface area contributed by atoms with Gasteiger partial charge in [0, 0.05) is 61.2 Å². The van der Waals surface area contributed by atoms with Gasteiger partial charge in [-0.25, -0.2) is 4.98 Å². The second-order valence-corrected chi connectivity index (χ2v) is 20.7. The number of fused-ring (bicyclic) bond motifs is 1. The Morgan fingerprint density at radius 3 is 1.84 bits per heavy atom. The normalized spacial score (nSPS) is 20.5. The highest BCUT2D eigenvalue weighted by molar-refractivity contribution is 5.99. The van der Waals surface area contributed by atoms with Gasteiger partial charge in [0.1, 0.15) is 48.3 Å². The van der Waals surface area contributed by atoms with E-state index >= 15 is 0 Å². The summed E-state index contributed by atoms with van der Waals surface area (Å²) >= 11 is 0. The van der Waals surface area contributed by atoms with Crippen LogP contribution in [-0.2, 0) is 67.2 Å². The minimum atomic E-state index is -1.59. The van der Waals surface area contributed by atoms with E-state index in [1.165, 1.54) is 12.5 Å². The van der Waals surface area contributed by atoms with E-state index < -0.39 is 139 Å². The lowest BCUT2D eigenvalue weighted by atomic mass is 9.98. The summed E-state index contributed by atoms with van der Waals surface area (Å²) in [5.41, 5.74) is 18.9. The number of guanidine groups is 1. The van der Waals surface area contributed by atoms with E-state index in [1.807, 2.05) is 25.1 Å². The maximum absolute atomic E-state index is 15.0. The molecule has 17 N–H and O–H groups in total. The highest BCUT2D eigenvalue weighted by atomic mass is 16.2. The highest BCUT2D eigenvalue weighted by Gasteiger charge is 2.37. The van der Waals surface area contributed by atoms with Crippen LogP contribution in [0.4, 0.5) is 0 Å². The molecule has 1 fully saturated rings. The van der Waals surface area contributed by atoms with E-state index in [9.17, 15) is 47.9 Å². The molecule has 8 atom stereocenters. The van der Waals surface area contributed by atoms with Gasteiger partial charge >= 0.3 is 0 Å². The van der Waals surface area contributed by atoms with Crippen molar-refractivity contribution in [3.05, 3.63) is 90.1 Å². The number of carbonyl (C=O) groups is 10. The summed E-state index contributed by atoms with van der Waals surface area (Å²) in [7, 11) is 0. The molecular weight excluding hydrogens is 1040 g/mol. The number of benzene rings is 2. The molecule has 0 aliphatic carbocycles. The van der Waals surface area contributed by atoms with Crippen LogP contribution in [0.25, 0.3) is 10.9 Å². The SMILES string of the molecule is CCCC[C@@H]1NC(=O)CC[C@@H](C(=O)N[C@H](C(=O)N[C@H](C(=O)NCC(N)=O)C(C)C)C(C)C)NC(=O)[C@H](Cc2c[nH]c3ccccc23)NC(=O)[C@H](CCCN=C(N)N)NC(=O)[C@@H](Cc2ccccc2)NC(=O)[C@H](Cc2cnc[nH]2)NC1=O. The van der Waals surface area contributed by atoms with Crippen LogP contribution in [0.3, 0.4) is 0 Å². The molecule has 26 heteroatoms. The van der Waals surface area contributed by atoms with Crippen molar-refractivity contribution in [1.82, 2.24) is 62.8 Å². The number of nitrogens with zero attached hydrogens (tertiary/aromatic N) is 2. The molecule has 438 valence electrons. The third kappa shape index (κ3) is 19.8. The molecule has 26 nitrogen and oxygen atoms in total. The van der Waals surface area contributed by atoms with Crippen LogP contribution in [0.15, 0.2) is 78.3 Å². The summed E-state index contributed by atoms with van der Waals surface area (Å²) in [5, 5.41) is 25.1. The van der Waals surface area contributed by atoms with Gasteiger partial charge < -0.3 is 75.0 Å². The molecule has 1 aliphatic rings. The van der Waals surface area contributed by atoms with Gasteiger partial charge in [0.05, 0.1) is 12.9 Å². The molecule has 0 saturated carbocycles. The predicted octanol–water partition coefficient (Wildman–Crippen LogP) is -1.25. The van der Waals surface area contributed by atoms with E-state index in [-0.39, 0.29) is 51.0 Å². The van der Waals surface area contributed by atoms with Crippen molar-refractivity contribution >= 4 is 75.9 Å². The number of hydrogen-bond acceptors (Lipinski definition) is 12. The number of primary amides is 1. The molecule has 2 aromatic heterocycles. The molecule has 0 spiro atoms. The smallest absolute Gasteiger partial charge is 0.243 e. The Bertz CT molecular complexity index is 2830. The fourth-order valence-corrected chi connectivity index (χ4v) is 9.09. The van der Waals surface area contributed by atoms with Crippen molar-refractivity contribution in [2.45, 2.75) is 147 Å². The minimum absolute atomic E-state index is 0.0417. The van der Waals surface area contributed by atoms with Gasteiger partial charge in [0.2, 0.25) is 59.1 Å². The van der Waals surface area contributed by atoms with Crippen LogP contribution in [0.2, 0.25) is 0 Å². The van der Waals surface area contributed by atoms with E-state index in [1.54, 1.807) is 70.3 Å². The molecule has 0 radical (unpaired) electrons. The summed E-state index contributed by atoms with van der Waals surface area (Å²) in [5.74, 6) is -9.31. The van der Waals surface area contributed by atoms with Gasteiger partial charge in [-0.3, -0.25) is 52.9 Å². The predicted molar refractivity (Wildman–Crippen MR) is 300 cm³/mol. The first-order chi connectivity index (χ1) is 38.6. The molecule has 5 rings (SSSR count). The largest absolute Gasteiger partial charge is 0.370 e. The van der Waals surface area contributed by atoms with Gasteiger partial charge in [-0.15, -0.1) is 0 Å². The fourth-order valence-electron chi connectivity index (χ4n) is 9.09. The molecule has 2 aromatic carbocycles. The number of rotatable bonds is 22. The summed E-state index contributed by atoms with van der Waals surface area (Å²) in [6.07, 6.45) is 4.58. The van der Waals surface area contributed by atoms with Crippen molar-refractivity contribution in [3.63, 3.8) is 0 Å². The van der Waals surface area contributed by atoms with Crippen LogP contribution in [0.1, 0.15) is 96.4 Å². The lowest BCUT2D eigenvalue weighted by Crippen LogP contribution is -2.62. The topological polar surface area (TPSA) is 414 Å². The zero-order valence-electron chi connectivity index (χ0n) is 46.4. The third-order valence-electron chi connectivity index (χ3n) is 13.6. The Hall–Kier alpha value is -8.84. The minimum Gasteiger partial charge on any atom is -0.370 e. The molecular formula is C55H78N16O10. The maximum Gasteiger partial charge on any atom is 0.243 e. The van der Waals surface area contributed by atoms with Crippen molar-refractivity contribution in [2.24, 2.45) is 34.0 Å². The second-order valence-electron chi connectivity index (χ2n) is 20.7. The number of aromatic nitrogens is 3. The zero-order valence-corrected chi connectivity index (χ0v) is 46.4. The van der Waals surface area contributed by atoms with E-state index in [0.717, 1.165) is 0 Å².